The molecule has 1 heterocycles. The summed E-state index contributed by atoms with van der Waals surface area (Å²) >= 11 is 0. The van der Waals surface area contributed by atoms with E-state index in [2.05, 4.69) is 0 Å². The SMILES string of the molecule is CCC(O)CC1CO1. The molecule has 0 bridgehead atoms. The summed E-state index contributed by atoms with van der Waals surface area (Å²) in [5.41, 5.74) is 0. The maximum absolute atomic E-state index is 8.99. The van der Waals surface area contributed by atoms with Crippen LogP contribution in [0, 0.1) is 0 Å². The van der Waals surface area contributed by atoms with Gasteiger partial charge >= 0.3 is 0 Å². The molecule has 0 aromatic carbocycles. The predicted octanol–water partition coefficient (Wildman–Crippen LogP) is 0.546. The minimum atomic E-state index is -0.137. The topological polar surface area (TPSA) is 32.8 Å². The van der Waals surface area contributed by atoms with Gasteiger partial charge in [-0.15, -0.1) is 0 Å². The van der Waals surface area contributed by atoms with Gasteiger partial charge in [0.25, 0.3) is 0 Å². The second kappa shape index (κ2) is 2.46. The van der Waals surface area contributed by atoms with Gasteiger partial charge in [-0.3, -0.25) is 0 Å². The largest absolute Gasteiger partial charge is 0.393 e. The fraction of sp³-hybridized carbons (Fsp3) is 1.00. The zero-order valence-electron chi connectivity index (χ0n) is 5.13. The molecular weight excluding hydrogens is 104 g/mol. The van der Waals surface area contributed by atoms with Crippen LogP contribution in [0.4, 0.5) is 0 Å². The van der Waals surface area contributed by atoms with Crippen molar-refractivity contribution in [2.75, 3.05) is 6.61 Å². The normalized spacial score (nSPS) is 30.0. The Morgan fingerprint density at radius 1 is 1.88 bits per heavy atom. The standard InChI is InChI=1S/C6H12O2/c1-2-5(7)3-6-4-8-6/h5-7H,2-4H2,1H3. The molecule has 0 amide bonds. The highest BCUT2D eigenvalue weighted by Gasteiger charge is 2.24. The Morgan fingerprint density at radius 2 is 2.50 bits per heavy atom. The molecule has 0 aromatic heterocycles. The first-order chi connectivity index (χ1) is 3.83. The lowest BCUT2D eigenvalue weighted by atomic mass is 10.2. The molecule has 0 spiro atoms. The first-order valence-corrected chi connectivity index (χ1v) is 3.12. The van der Waals surface area contributed by atoms with Crippen LogP contribution in [0.3, 0.4) is 0 Å². The third kappa shape index (κ3) is 1.80. The van der Waals surface area contributed by atoms with Gasteiger partial charge in [0.15, 0.2) is 0 Å². The summed E-state index contributed by atoms with van der Waals surface area (Å²) in [6.45, 7) is 2.84. The number of hydrogen-bond donors (Lipinski definition) is 1. The van der Waals surface area contributed by atoms with Crippen molar-refractivity contribution >= 4 is 0 Å². The number of ether oxygens (including phenoxy) is 1. The first kappa shape index (κ1) is 6.05. The summed E-state index contributed by atoms with van der Waals surface area (Å²) in [7, 11) is 0. The molecule has 1 N–H and O–H groups in total. The lowest BCUT2D eigenvalue weighted by molar-refractivity contribution is 0.148. The van der Waals surface area contributed by atoms with E-state index in [1.807, 2.05) is 6.92 Å². The van der Waals surface area contributed by atoms with E-state index in [0.717, 1.165) is 19.4 Å². The molecule has 48 valence electrons. The van der Waals surface area contributed by atoms with Crippen LogP contribution in [0.15, 0.2) is 0 Å². The van der Waals surface area contributed by atoms with Crippen LogP contribution in [-0.4, -0.2) is 23.9 Å². The number of aliphatic hydroxyl groups is 1. The van der Waals surface area contributed by atoms with Crippen LogP contribution in [0.5, 0.6) is 0 Å². The number of epoxide rings is 1. The first-order valence-electron chi connectivity index (χ1n) is 3.12. The van der Waals surface area contributed by atoms with Gasteiger partial charge < -0.3 is 9.84 Å². The molecule has 0 aromatic rings. The molecule has 2 unspecified atom stereocenters. The average Bonchev–Trinajstić information content (AvgIpc) is 2.50. The van der Waals surface area contributed by atoms with Crippen molar-refractivity contribution < 1.29 is 9.84 Å². The van der Waals surface area contributed by atoms with Gasteiger partial charge in [-0.25, -0.2) is 0 Å². The molecule has 0 saturated carbocycles. The lowest BCUT2D eigenvalue weighted by Gasteiger charge is -2.01. The van der Waals surface area contributed by atoms with Crippen LogP contribution in [0.1, 0.15) is 19.8 Å². The van der Waals surface area contributed by atoms with Gasteiger partial charge in [0.05, 0.1) is 18.8 Å². The van der Waals surface area contributed by atoms with E-state index in [-0.39, 0.29) is 6.10 Å². The molecule has 1 aliphatic heterocycles. The third-order valence-electron chi connectivity index (χ3n) is 1.41. The predicted molar refractivity (Wildman–Crippen MR) is 30.7 cm³/mol. The highest BCUT2D eigenvalue weighted by atomic mass is 16.6. The van der Waals surface area contributed by atoms with E-state index in [4.69, 9.17) is 9.84 Å². The number of aliphatic hydroxyl groups excluding tert-OH is 1. The van der Waals surface area contributed by atoms with Crippen LogP contribution in [0.25, 0.3) is 0 Å². The van der Waals surface area contributed by atoms with Crippen molar-refractivity contribution in [1.29, 1.82) is 0 Å². The fourth-order valence-electron chi connectivity index (χ4n) is 0.674. The zero-order valence-corrected chi connectivity index (χ0v) is 5.13. The van der Waals surface area contributed by atoms with Crippen molar-refractivity contribution in [1.82, 2.24) is 0 Å². The molecular formula is C6H12O2. The van der Waals surface area contributed by atoms with Crippen molar-refractivity contribution in [3.8, 4) is 0 Å². The number of hydrogen-bond acceptors (Lipinski definition) is 2. The summed E-state index contributed by atoms with van der Waals surface area (Å²) in [5.74, 6) is 0. The summed E-state index contributed by atoms with van der Waals surface area (Å²) in [4.78, 5) is 0. The van der Waals surface area contributed by atoms with E-state index >= 15 is 0 Å². The minimum absolute atomic E-state index is 0.137. The van der Waals surface area contributed by atoms with Gasteiger partial charge in [0.1, 0.15) is 0 Å². The quantitative estimate of drug-likeness (QED) is 0.546. The maximum atomic E-state index is 8.99. The Morgan fingerprint density at radius 3 is 2.88 bits per heavy atom. The molecule has 1 fully saturated rings. The van der Waals surface area contributed by atoms with Crippen molar-refractivity contribution in [3.05, 3.63) is 0 Å². The second-order valence-corrected chi connectivity index (χ2v) is 2.25. The minimum Gasteiger partial charge on any atom is -0.393 e. The van der Waals surface area contributed by atoms with Gasteiger partial charge in [-0.2, -0.15) is 0 Å². The lowest BCUT2D eigenvalue weighted by Crippen LogP contribution is -2.07. The Kier molecular flexibility index (Phi) is 1.86. The van der Waals surface area contributed by atoms with Crippen molar-refractivity contribution in [2.24, 2.45) is 0 Å². The average molecular weight is 116 g/mol. The monoisotopic (exact) mass is 116 g/mol. The van der Waals surface area contributed by atoms with Crippen molar-refractivity contribution in [3.63, 3.8) is 0 Å². The highest BCUT2D eigenvalue weighted by Crippen LogP contribution is 2.16. The van der Waals surface area contributed by atoms with E-state index in [1.54, 1.807) is 0 Å². The van der Waals surface area contributed by atoms with E-state index in [1.165, 1.54) is 0 Å². The summed E-state index contributed by atoms with van der Waals surface area (Å²) < 4.78 is 4.92. The third-order valence-corrected chi connectivity index (χ3v) is 1.41. The molecule has 1 saturated heterocycles. The van der Waals surface area contributed by atoms with Crippen LogP contribution in [0.2, 0.25) is 0 Å². The van der Waals surface area contributed by atoms with Gasteiger partial charge in [-0.05, 0) is 6.42 Å². The second-order valence-electron chi connectivity index (χ2n) is 2.25. The van der Waals surface area contributed by atoms with E-state index in [9.17, 15) is 0 Å². The van der Waals surface area contributed by atoms with Gasteiger partial charge in [0, 0.05) is 6.42 Å². The van der Waals surface area contributed by atoms with Crippen molar-refractivity contribution in [2.45, 2.75) is 32.0 Å². The van der Waals surface area contributed by atoms with E-state index in [0.29, 0.717) is 6.10 Å². The Labute approximate surface area is 49.5 Å². The van der Waals surface area contributed by atoms with Crippen LogP contribution in [-0.2, 0) is 4.74 Å². The fourth-order valence-corrected chi connectivity index (χ4v) is 0.674. The highest BCUT2D eigenvalue weighted by molar-refractivity contribution is 4.72. The molecule has 1 aliphatic rings. The Balaban J connectivity index is 1.98. The smallest absolute Gasteiger partial charge is 0.0834 e. The molecule has 8 heavy (non-hydrogen) atoms. The molecule has 2 nitrogen and oxygen atoms in total. The summed E-state index contributed by atoms with van der Waals surface area (Å²) in [5, 5.41) is 8.99. The van der Waals surface area contributed by atoms with Crippen LogP contribution < -0.4 is 0 Å². The molecule has 0 radical (unpaired) electrons. The molecule has 2 heteroatoms. The summed E-state index contributed by atoms with van der Waals surface area (Å²) in [6.07, 6.45) is 1.92. The van der Waals surface area contributed by atoms with Crippen LogP contribution >= 0.6 is 0 Å². The Bertz CT molecular complexity index is 68.9. The molecule has 2 atom stereocenters. The van der Waals surface area contributed by atoms with E-state index < -0.39 is 0 Å². The zero-order chi connectivity index (χ0) is 5.98. The summed E-state index contributed by atoms with van der Waals surface area (Å²) in [6, 6.07) is 0. The van der Waals surface area contributed by atoms with Gasteiger partial charge in [0.2, 0.25) is 0 Å². The number of rotatable bonds is 3. The maximum Gasteiger partial charge on any atom is 0.0834 e. The Hall–Kier alpha value is -0.0800. The van der Waals surface area contributed by atoms with Gasteiger partial charge in [-0.1, -0.05) is 6.92 Å². The molecule has 1 rings (SSSR count). The molecule has 0 aliphatic carbocycles.